The summed E-state index contributed by atoms with van der Waals surface area (Å²) in [6.45, 7) is 5.91. The lowest BCUT2D eigenvalue weighted by Crippen LogP contribution is -2.46. The van der Waals surface area contributed by atoms with E-state index >= 15 is 4.39 Å². The Kier molecular flexibility index (Phi) is 10.1. The molecule has 1 aliphatic carbocycles. The highest BCUT2D eigenvalue weighted by atomic mass is 32.2. The number of sulfonamides is 1. The monoisotopic (exact) mass is 646 g/mol. The van der Waals surface area contributed by atoms with E-state index in [1.165, 1.54) is 36.7 Å². The number of carbonyl (C=O) groups excluding carboxylic acids is 1. The first-order valence-corrected chi connectivity index (χ1v) is 16.0. The maximum absolute atomic E-state index is 15.2. The first-order chi connectivity index (χ1) is 21.2. The molecular weight excluding hydrogens is 612 g/mol. The molecule has 14 heteroatoms. The van der Waals surface area contributed by atoms with Crippen LogP contribution in [0.2, 0.25) is 0 Å². The molecule has 1 atom stereocenters. The fourth-order valence-electron chi connectivity index (χ4n) is 4.94. The van der Waals surface area contributed by atoms with Crippen molar-refractivity contribution in [2.45, 2.75) is 50.9 Å². The minimum atomic E-state index is -4.87. The van der Waals surface area contributed by atoms with Crippen molar-refractivity contribution < 1.29 is 30.8 Å². The Balaban J connectivity index is 1.80. The van der Waals surface area contributed by atoms with Crippen molar-refractivity contribution in [3.8, 4) is 5.69 Å². The summed E-state index contributed by atoms with van der Waals surface area (Å²) in [4.78, 5) is 17.5. The number of benzene rings is 2. The number of hydrogen-bond donors (Lipinski definition) is 3. The predicted octanol–water partition coefficient (Wildman–Crippen LogP) is 5.84. The quantitative estimate of drug-likeness (QED) is 0.122. The summed E-state index contributed by atoms with van der Waals surface area (Å²) in [7, 11) is -3.87. The van der Waals surface area contributed by atoms with Crippen molar-refractivity contribution in [2.75, 3.05) is 11.6 Å². The Morgan fingerprint density at radius 3 is 2.56 bits per heavy atom. The van der Waals surface area contributed by atoms with Crippen molar-refractivity contribution in [3.63, 3.8) is 0 Å². The number of amides is 1. The largest absolute Gasteiger partial charge is 0.435 e. The van der Waals surface area contributed by atoms with Crippen LogP contribution in [0.15, 0.2) is 78.0 Å². The summed E-state index contributed by atoms with van der Waals surface area (Å²) in [5, 5.41) is 5.96. The molecule has 1 heterocycles. The van der Waals surface area contributed by atoms with Crippen molar-refractivity contribution in [2.24, 2.45) is 16.6 Å². The van der Waals surface area contributed by atoms with Crippen LogP contribution < -0.4 is 15.8 Å². The minimum absolute atomic E-state index is 0.0933. The summed E-state index contributed by atoms with van der Waals surface area (Å²) >= 11 is 0. The van der Waals surface area contributed by atoms with Gasteiger partial charge in [-0.05, 0) is 72.7 Å². The maximum atomic E-state index is 15.2. The molecule has 240 valence electrons. The van der Waals surface area contributed by atoms with Gasteiger partial charge in [-0.15, -0.1) is 0 Å². The van der Waals surface area contributed by atoms with E-state index in [4.69, 9.17) is 5.73 Å². The Hall–Kier alpha value is -4.14. The second kappa shape index (κ2) is 13.5. The number of aliphatic imine (C=N–C) groups is 1. The first kappa shape index (κ1) is 33.7. The average molecular weight is 647 g/mol. The molecule has 2 aromatic carbocycles. The molecule has 3 aromatic rings. The molecule has 0 aliphatic heterocycles. The summed E-state index contributed by atoms with van der Waals surface area (Å²) in [5.41, 5.74) is 3.32. The second-order valence-electron chi connectivity index (χ2n) is 10.9. The third kappa shape index (κ3) is 8.32. The third-order valence-corrected chi connectivity index (χ3v) is 8.09. The lowest BCUT2D eigenvalue weighted by Gasteiger charge is -2.36. The first-order valence-electron chi connectivity index (χ1n) is 14.1. The minimum Gasteiger partial charge on any atom is -0.326 e. The van der Waals surface area contributed by atoms with Crippen LogP contribution >= 0.6 is 0 Å². The predicted molar refractivity (Wildman–Crippen MR) is 165 cm³/mol. The van der Waals surface area contributed by atoms with E-state index in [9.17, 15) is 26.4 Å². The molecule has 0 bridgehead atoms. The number of carbonyl (C=O) groups is 1. The van der Waals surface area contributed by atoms with Crippen molar-refractivity contribution in [3.05, 3.63) is 101 Å². The van der Waals surface area contributed by atoms with E-state index in [-0.39, 0.29) is 29.9 Å². The SMILES string of the molecule is C=C(/C=C\N=C/C)C(CCC1CC1)(NS(C)(=O)=O)c1ccc(F)c(NC(=O)c2cc(C(F)(F)F)nn2-c2cccc(CN)c2)c1. The molecule has 0 radical (unpaired) electrons. The highest BCUT2D eigenvalue weighted by Crippen LogP contribution is 2.42. The molecule has 1 aromatic heterocycles. The van der Waals surface area contributed by atoms with E-state index in [2.05, 4.69) is 26.7 Å². The van der Waals surface area contributed by atoms with Crippen LogP contribution in [0.5, 0.6) is 0 Å². The smallest absolute Gasteiger partial charge is 0.326 e. The standard InChI is InChI=1S/C31H34F4N6O3S/c1-4-37-15-13-20(2)30(40-45(3,43)44,14-12-21-8-9-21)23-10-11-25(32)26(17-23)38-29(42)27-18-28(31(33,34)35)39-41(27)24-7-5-6-22(16-24)19-36/h4-7,10-11,13,15-18,21,40H,2,8-9,12,14,19,36H2,1,3H3,(H,38,42)/b15-13-,37-4-. The van der Waals surface area contributed by atoms with Crippen LogP contribution in [0.3, 0.4) is 0 Å². The van der Waals surface area contributed by atoms with Gasteiger partial charge in [-0.2, -0.15) is 18.3 Å². The van der Waals surface area contributed by atoms with Gasteiger partial charge in [0.15, 0.2) is 5.69 Å². The van der Waals surface area contributed by atoms with Gasteiger partial charge in [0.05, 0.1) is 23.2 Å². The molecule has 1 unspecified atom stereocenters. The molecule has 9 nitrogen and oxygen atoms in total. The zero-order valence-electron chi connectivity index (χ0n) is 24.7. The van der Waals surface area contributed by atoms with Gasteiger partial charge in [-0.25, -0.2) is 22.2 Å². The van der Waals surface area contributed by atoms with Gasteiger partial charge in [0.2, 0.25) is 10.0 Å². The summed E-state index contributed by atoms with van der Waals surface area (Å²) < 4.78 is 85.1. The number of aromatic nitrogens is 2. The maximum Gasteiger partial charge on any atom is 0.435 e. The zero-order valence-corrected chi connectivity index (χ0v) is 25.6. The molecule has 1 amide bonds. The van der Waals surface area contributed by atoms with E-state index in [1.807, 2.05) is 0 Å². The summed E-state index contributed by atoms with van der Waals surface area (Å²) in [6.07, 6.45) is 3.52. The molecule has 4 rings (SSSR count). The second-order valence-corrected chi connectivity index (χ2v) is 12.6. The number of alkyl halides is 3. The number of nitrogens with one attached hydrogen (secondary N) is 2. The Labute approximate surface area is 259 Å². The van der Waals surface area contributed by atoms with Gasteiger partial charge < -0.3 is 11.1 Å². The molecule has 1 saturated carbocycles. The van der Waals surface area contributed by atoms with Gasteiger partial charge in [0.1, 0.15) is 11.5 Å². The van der Waals surface area contributed by atoms with Gasteiger partial charge >= 0.3 is 6.18 Å². The highest BCUT2D eigenvalue weighted by molar-refractivity contribution is 7.88. The van der Waals surface area contributed by atoms with E-state index in [0.717, 1.165) is 29.8 Å². The normalized spacial score (nSPS) is 15.4. The van der Waals surface area contributed by atoms with Gasteiger partial charge in [-0.3, -0.25) is 9.79 Å². The topological polar surface area (TPSA) is 131 Å². The summed E-state index contributed by atoms with van der Waals surface area (Å²) in [5.74, 6) is -1.59. The van der Waals surface area contributed by atoms with E-state index < -0.39 is 44.9 Å². The van der Waals surface area contributed by atoms with Gasteiger partial charge in [0.25, 0.3) is 5.91 Å². The van der Waals surface area contributed by atoms with Crippen LogP contribution in [0.25, 0.3) is 5.69 Å². The molecule has 0 spiro atoms. The number of halogens is 4. The Morgan fingerprint density at radius 1 is 1.20 bits per heavy atom. The molecule has 1 aliphatic rings. The van der Waals surface area contributed by atoms with Crippen LogP contribution in [0.4, 0.5) is 23.2 Å². The molecule has 4 N–H and O–H groups in total. The van der Waals surface area contributed by atoms with Crippen molar-refractivity contribution >= 4 is 27.8 Å². The zero-order chi connectivity index (χ0) is 33.0. The highest BCUT2D eigenvalue weighted by Gasteiger charge is 2.40. The van der Waals surface area contributed by atoms with Crippen LogP contribution in [0, 0.1) is 11.7 Å². The van der Waals surface area contributed by atoms with Crippen LogP contribution in [-0.4, -0.2) is 36.6 Å². The van der Waals surface area contributed by atoms with E-state index in [0.29, 0.717) is 29.5 Å². The van der Waals surface area contributed by atoms with Gasteiger partial charge in [-0.1, -0.05) is 37.6 Å². The third-order valence-electron chi connectivity index (χ3n) is 7.37. The summed E-state index contributed by atoms with van der Waals surface area (Å²) in [6, 6.07) is 10.4. The number of rotatable bonds is 13. The fourth-order valence-corrected chi connectivity index (χ4v) is 5.92. The molecule has 1 fully saturated rings. The molecule has 45 heavy (non-hydrogen) atoms. The van der Waals surface area contributed by atoms with E-state index in [1.54, 1.807) is 25.1 Å². The molecule has 0 saturated heterocycles. The van der Waals surface area contributed by atoms with Crippen LogP contribution in [-0.2, 0) is 28.3 Å². The molecular formula is C31H34F4N6O3S. The van der Waals surface area contributed by atoms with Crippen LogP contribution in [0.1, 0.15) is 59.9 Å². The van der Waals surface area contributed by atoms with Crippen molar-refractivity contribution in [1.29, 1.82) is 0 Å². The number of nitrogens with two attached hydrogens (primary N) is 1. The number of anilines is 1. The average Bonchev–Trinajstić information content (AvgIpc) is 3.69. The Morgan fingerprint density at radius 2 is 1.93 bits per heavy atom. The lowest BCUT2D eigenvalue weighted by atomic mass is 9.79. The van der Waals surface area contributed by atoms with Gasteiger partial charge in [0, 0.05) is 25.0 Å². The lowest BCUT2D eigenvalue weighted by molar-refractivity contribution is -0.141. The fraction of sp³-hybridized carbons (Fsp3) is 0.323. The Bertz CT molecular complexity index is 1750. The number of hydrogen-bond acceptors (Lipinski definition) is 6. The number of nitrogens with zero attached hydrogens (tertiary/aromatic N) is 3. The van der Waals surface area contributed by atoms with Crippen molar-refractivity contribution in [1.82, 2.24) is 14.5 Å².